The number of amides is 1. The molecule has 5 fully saturated rings. The second kappa shape index (κ2) is 6.84. The summed E-state index contributed by atoms with van der Waals surface area (Å²) in [7, 11) is 0. The standard InChI is InChI=1S/C21H25BrClN3O3/c22-21-11-14-7-15(12-21)10-20(9-14,13-21)19(27)25-5-3-24(4-6-25)17-2-1-16(23)8-18(17)26(28)29/h1-2,8,14-15H,3-7,9-13H2. The summed E-state index contributed by atoms with van der Waals surface area (Å²) in [6.07, 6.45) is 6.77. The average molecular weight is 483 g/mol. The third kappa shape index (κ3) is 3.34. The van der Waals surface area contributed by atoms with Crippen molar-refractivity contribution in [2.24, 2.45) is 17.3 Å². The van der Waals surface area contributed by atoms with E-state index in [1.807, 2.05) is 9.80 Å². The van der Waals surface area contributed by atoms with Crippen LogP contribution in [0.4, 0.5) is 11.4 Å². The Bertz CT molecular complexity index is 857. The van der Waals surface area contributed by atoms with Gasteiger partial charge in [-0.3, -0.25) is 14.9 Å². The number of benzene rings is 1. The number of nitro groups is 1. The first-order chi connectivity index (χ1) is 13.8. The van der Waals surface area contributed by atoms with Crippen molar-refractivity contribution in [2.45, 2.75) is 42.8 Å². The largest absolute Gasteiger partial charge is 0.362 e. The molecule has 0 N–H and O–H groups in total. The zero-order chi connectivity index (χ0) is 20.4. The summed E-state index contributed by atoms with van der Waals surface area (Å²) < 4.78 is 0.165. The SMILES string of the molecule is O=C(N1CCN(c2ccc(Cl)cc2[N+](=O)[O-])CC1)C12CC3CC(CC(Br)(C3)C1)C2. The van der Waals surface area contributed by atoms with Gasteiger partial charge in [-0.2, -0.15) is 0 Å². The van der Waals surface area contributed by atoms with Gasteiger partial charge >= 0.3 is 0 Å². The van der Waals surface area contributed by atoms with Crippen LogP contribution in [0.1, 0.15) is 38.5 Å². The fourth-order valence-corrected chi connectivity index (χ4v) is 8.42. The number of halogens is 2. The van der Waals surface area contributed by atoms with E-state index < -0.39 is 0 Å². The van der Waals surface area contributed by atoms with E-state index in [2.05, 4.69) is 15.9 Å². The molecule has 2 atom stereocenters. The molecule has 4 saturated carbocycles. The summed E-state index contributed by atoms with van der Waals surface area (Å²) in [5, 5.41) is 11.8. The van der Waals surface area contributed by atoms with E-state index in [9.17, 15) is 14.9 Å². The molecular formula is C21H25BrClN3O3. The van der Waals surface area contributed by atoms with Crippen LogP contribution in [-0.2, 0) is 4.79 Å². The van der Waals surface area contributed by atoms with Crippen molar-refractivity contribution in [3.8, 4) is 0 Å². The Morgan fingerprint density at radius 1 is 1.14 bits per heavy atom. The summed E-state index contributed by atoms with van der Waals surface area (Å²) in [5.41, 5.74) is 0.419. The van der Waals surface area contributed by atoms with Crippen molar-refractivity contribution in [2.75, 3.05) is 31.1 Å². The lowest BCUT2D eigenvalue weighted by molar-refractivity contribution is -0.384. The van der Waals surface area contributed by atoms with Crippen LogP contribution in [-0.4, -0.2) is 46.2 Å². The van der Waals surface area contributed by atoms with Gasteiger partial charge in [0.1, 0.15) is 5.69 Å². The number of nitrogens with zero attached hydrogens (tertiary/aromatic N) is 3. The van der Waals surface area contributed by atoms with E-state index in [-0.39, 0.29) is 20.3 Å². The molecule has 29 heavy (non-hydrogen) atoms. The van der Waals surface area contributed by atoms with Gasteiger partial charge in [-0.25, -0.2) is 0 Å². The first-order valence-corrected chi connectivity index (χ1v) is 11.6. The van der Waals surface area contributed by atoms with Gasteiger partial charge in [0, 0.05) is 41.6 Å². The van der Waals surface area contributed by atoms with Crippen molar-refractivity contribution in [3.63, 3.8) is 0 Å². The summed E-state index contributed by atoms with van der Waals surface area (Å²) >= 11 is 9.94. The molecule has 1 aromatic rings. The Morgan fingerprint density at radius 2 is 1.79 bits per heavy atom. The predicted molar refractivity (Wildman–Crippen MR) is 116 cm³/mol. The number of rotatable bonds is 3. The first-order valence-electron chi connectivity index (χ1n) is 10.4. The Balaban J connectivity index is 1.31. The molecule has 5 aliphatic rings. The molecule has 0 spiro atoms. The highest BCUT2D eigenvalue weighted by molar-refractivity contribution is 9.10. The van der Waals surface area contributed by atoms with Gasteiger partial charge in [-0.1, -0.05) is 27.5 Å². The van der Waals surface area contributed by atoms with E-state index >= 15 is 0 Å². The third-order valence-electron chi connectivity index (χ3n) is 7.49. The van der Waals surface area contributed by atoms with Crippen LogP contribution in [0.15, 0.2) is 18.2 Å². The smallest absolute Gasteiger partial charge is 0.294 e. The number of carbonyl (C=O) groups is 1. The molecule has 1 amide bonds. The quantitative estimate of drug-likeness (QED) is 0.358. The van der Waals surface area contributed by atoms with E-state index in [0.29, 0.717) is 54.6 Å². The lowest BCUT2D eigenvalue weighted by Crippen LogP contribution is -2.61. The summed E-state index contributed by atoms with van der Waals surface area (Å²) in [6, 6.07) is 4.80. The number of hydrogen-bond acceptors (Lipinski definition) is 4. The van der Waals surface area contributed by atoms with E-state index in [1.54, 1.807) is 12.1 Å². The minimum Gasteiger partial charge on any atom is -0.362 e. The van der Waals surface area contributed by atoms with Crippen molar-refractivity contribution >= 4 is 44.8 Å². The van der Waals surface area contributed by atoms with Crippen molar-refractivity contribution in [3.05, 3.63) is 33.3 Å². The van der Waals surface area contributed by atoms with Gasteiger partial charge in [0.05, 0.1) is 10.3 Å². The lowest BCUT2D eigenvalue weighted by atomic mass is 9.49. The molecule has 1 saturated heterocycles. The Kier molecular flexibility index (Phi) is 4.63. The van der Waals surface area contributed by atoms with Crippen LogP contribution in [0.3, 0.4) is 0 Å². The van der Waals surface area contributed by atoms with Crippen LogP contribution in [0.25, 0.3) is 0 Å². The molecule has 1 aromatic carbocycles. The zero-order valence-electron chi connectivity index (χ0n) is 16.3. The summed E-state index contributed by atoms with van der Waals surface area (Å²) in [6.45, 7) is 2.45. The predicted octanol–water partition coefficient (Wildman–Crippen LogP) is 4.63. The Morgan fingerprint density at radius 3 is 2.38 bits per heavy atom. The lowest BCUT2D eigenvalue weighted by Gasteiger charge is -2.60. The molecule has 2 unspecified atom stereocenters. The van der Waals surface area contributed by atoms with Crippen molar-refractivity contribution in [1.29, 1.82) is 0 Å². The molecule has 4 bridgehead atoms. The van der Waals surface area contributed by atoms with Gasteiger partial charge in [0.2, 0.25) is 5.91 Å². The summed E-state index contributed by atoms with van der Waals surface area (Å²) in [4.78, 5) is 28.7. The highest BCUT2D eigenvalue weighted by Gasteiger charge is 2.60. The maximum Gasteiger partial charge on any atom is 0.294 e. The molecule has 0 radical (unpaired) electrons. The van der Waals surface area contributed by atoms with Gasteiger partial charge in [0.15, 0.2) is 0 Å². The molecule has 1 aliphatic heterocycles. The molecule has 1 heterocycles. The number of alkyl halides is 1. The molecule has 4 aliphatic carbocycles. The maximum absolute atomic E-state index is 13.6. The van der Waals surface area contributed by atoms with Gasteiger partial charge in [-0.05, 0) is 62.5 Å². The fourth-order valence-electron chi connectivity index (χ4n) is 6.80. The number of carbonyl (C=O) groups excluding carboxylic acids is 1. The molecule has 6 rings (SSSR count). The van der Waals surface area contributed by atoms with Crippen LogP contribution in [0.5, 0.6) is 0 Å². The number of hydrogen-bond donors (Lipinski definition) is 0. The van der Waals surface area contributed by atoms with E-state index in [4.69, 9.17) is 11.6 Å². The van der Waals surface area contributed by atoms with Gasteiger partial charge < -0.3 is 9.80 Å². The highest BCUT2D eigenvalue weighted by Crippen LogP contribution is 2.64. The van der Waals surface area contributed by atoms with Crippen LogP contribution < -0.4 is 4.90 Å². The van der Waals surface area contributed by atoms with Gasteiger partial charge in [-0.15, -0.1) is 0 Å². The van der Waals surface area contributed by atoms with E-state index in [0.717, 1.165) is 19.3 Å². The monoisotopic (exact) mass is 481 g/mol. The van der Waals surface area contributed by atoms with Crippen LogP contribution in [0, 0.1) is 27.4 Å². The second-order valence-corrected chi connectivity index (χ2v) is 11.7. The fraction of sp³-hybridized carbons (Fsp3) is 0.667. The molecule has 6 nitrogen and oxygen atoms in total. The average Bonchev–Trinajstić information content (AvgIpc) is 2.65. The van der Waals surface area contributed by atoms with Gasteiger partial charge in [0.25, 0.3) is 5.69 Å². The Hall–Kier alpha value is -1.34. The topological polar surface area (TPSA) is 66.7 Å². The number of anilines is 1. The molecule has 8 heteroatoms. The molecular weight excluding hydrogens is 458 g/mol. The Labute approximate surface area is 183 Å². The highest BCUT2D eigenvalue weighted by atomic mass is 79.9. The minimum absolute atomic E-state index is 0.0274. The van der Waals surface area contributed by atoms with Crippen LogP contribution in [0.2, 0.25) is 5.02 Å². The van der Waals surface area contributed by atoms with Crippen molar-refractivity contribution in [1.82, 2.24) is 4.90 Å². The maximum atomic E-state index is 13.6. The zero-order valence-corrected chi connectivity index (χ0v) is 18.6. The minimum atomic E-state index is -0.385. The number of piperazine rings is 1. The van der Waals surface area contributed by atoms with Crippen LogP contribution >= 0.6 is 27.5 Å². The molecule has 0 aromatic heterocycles. The normalized spacial score (nSPS) is 35.8. The van der Waals surface area contributed by atoms with Crippen molar-refractivity contribution < 1.29 is 9.72 Å². The third-order valence-corrected chi connectivity index (χ3v) is 8.65. The second-order valence-electron chi connectivity index (χ2n) is 9.56. The van der Waals surface area contributed by atoms with E-state index in [1.165, 1.54) is 25.3 Å². The molecule has 156 valence electrons. The number of nitro benzene ring substituents is 1. The first kappa shape index (κ1) is 19.6. The summed E-state index contributed by atoms with van der Waals surface area (Å²) in [5.74, 6) is 1.68.